The zero-order chi connectivity index (χ0) is 30.8. The van der Waals surface area contributed by atoms with E-state index in [0.29, 0.717) is 34.5 Å². The van der Waals surface area contributed by atoms with E-state index in [0.717, 1.165) is 19.4 Å². The second kappa shape index (κ2) is 15.4. The third-order valence-corrected chi connectivity index (χ3v) is 7.48. The summed E-state index contributed by atoms with van der Waals surface area (Å²) in [6.07, 6.45) is 5.20. The molecule has 3 rings (SSSR count). The van der Waals surface area contributed by atoms with Crippen LogP contribution in [0.5, 0.6) is 5.75 Å². The van der Waals surface area contributed by atoms with Crippen LogP contribution in [0.3, 0.4) is 0 Å². The quantitative estimate of drug-likeness (QED) is 0.283. The summed E-state index contributed by atoms with van der Waals surface area (Å²) in [5.41, 5.74) is 1.16. The highest BCUT2D eigenvalue weighted by Crippen LogP contribution is 2.27. The maximum Gasteiger partial charge on any atom is 0.305 e. The van der Waals surface area contributed by atoms with Crippen LogP contribution in [0.1, 0.15) is 63.8 Å². The van der Waals surface area contributed by atoms with Gasteiger partial charge in [0.2, 0.25) is 11.8 Å². The number of nitrogens with zero attached hydrogens (tertiary/aromatic N) is 3. The van der Waals surface area contributed by atoms with Gasteiger partial charge in [0, 0.05) is 17.7 Å². The van der Waals surface area contributed by atoms with Crippen molar-refractivity contribution in [2.24, 2.45) is 11.8 Å². The number of aryl methyl sites for hydroxylation is 1. The predicted molar refractivity (Wildman–Crippen MR) is 155 cm³/mol. The van der Waals surface area contributed by atoms with Gasteiger partial charge in [-0.1, -0.05) is 38.3 Å². The normalized spacial score (nSPS) is 15.3. The van der Waals surface area contributed by atoms with Crippen molar-refractivity contribution in [1.29, 1.82) is 0 Å². The number of aliphatic carboxylic acids is 1. The van der Waals surface area contributed by atoms with Gasteiger partial charge in [-0.25, -0.2) is 0 Å². The molecule has 1 aromatic heterocycles. The van der Waals surface area contributed by atoms with E-state index < -0.39 is 36.3 Å². The molecule has 0 radical (unpaired) electrons. The molecule has 1 aliphatic rings. The Morgan fingerprint density at radius 1 is 1.14 bits per heavy atom. The maximum absolute atomic E-state index is 13.3. The lowest BCUT2D eigenvalue weighted by atomic mass is 9.89. The fraction of sp³-hybridized carbons (Fsp3) is 0.600. The smallest absolute Gasteiger partial charge is 0.305 e. The SMILES string of the molecule is COc1ccc(-c2nc(C)no2)cc1CC(=O)N[C@H](C(=O)NC(CC(=O)O)C(=O)CN(C)CC1CCCCC1)C(C)C. The number of benzene rings is 1. The molecule has 42 heavy (non-hydrogen) atoms. The molecule has 230 valence electrons. The van der Waals surface area contributed by atoms with Gasteiger partial charge in [0.1, 0.15) is 11.8 Å². The molecule has 1 unspecified atom stereocenters. The van der Waals surface area contributed by atoms with E-state index in [1.807, 2.05) is 11.9 Å². The van der Waals surface area contributed by atoms with Crippen LogP contribution in [-0.2, 0) is 25.6 Å². The van der Waals surface area contributed by atoms with Crippen molar-refractivity contribution in [2.75, 3.05) is 27.2 Å². The Bertz CT molecular complexity index is 1240. The molecule has 1 aromatic carbocycles. The number of methoxy groups -OCH3 is 1. The Balaban J connectivity index is 1.66. The van der Waals surface area contributed by atoms with E-state index in [4.69, 9.17) is 9.26 Å². The van der Waals surface area contributed by atoms with Crippen LogP contribution in [0.2, 0.25) is 0 Å². The molecule has 1 heterocycles. The Kier molecular flexibility index (Phi) is 12.0. The number of hydrogen-bond acceptors (Lipinski definition) is 9. The molecule has 12 nitrogen and oxygen atoms in total. The van der Waals surface area contributed by atoms with E-state index in [1.54, 1.807) is 39.0 Å². The second-order valence-corrected chi connectivity index (χ2v) is 11.5. The van der Waals surface area contributed by atoms with Gasteiger partial charge in [-0.3, -0.25) is 24.1 Å². The molecule has 0 spiro atoms. The highest BCUT2D eigenvalue weighted by atomic mass is 16.5. The summed E-state index contributed by atoms with van der Waals surface area (Å²) in [6.45, 7) is 6.00. The Labute approximate surface area is 246 Å². The standard InChI is InChI=1S/C30H43N5O7/c1-18(2)28(33-26(37)14-22-13-21(11-12-25(22)41-5)30-31-19(3)34-42-30)29(40)32-23(15-27(38)39)24(36)17-35(4)16-20-9-7-6-8-10-20/h11-13,18,20,23,28H,6-10,14-17H2,1-5H3,(H,32,40)(H,33,37)(H,38,39)/t23?,28-/m0/s1. The maximum atomic E-state index is 13.3. The lowest BCUT2D eigenvalue weighted by Gasteiger charge is -2.28. The van der Waals surface area contributed by atoms with Crippen LogP contribution in [0.15, 0.2) is 22.7 Å². The molecule has 2 aromatic rings. The minimum Gasteiger partial charge on any atom is -0.496 e. The first-order valence-electron chi connectivity index (χ1n) is 14.5. The van der Waals surface area contributed by atoms with Gasteiger partial charge >= 0.3 is 5.97 Å². The number of carbonyl (C=O) groups excluding carboxylic acids is 3. The molecule has 1 saturated carbocycles. The monoisotopic (exact) mass is 585 g/mol. The number of likely N-dealkylation sites (N-methyl/N-ethyl adjacent to an activating group) is 1. The van der Waals surface area contributed by atoms with Gasteiger partial charge in [-0.15, -0.1) is 0 Å². The second-order valence-electron chi connectivity index (χ2n) is 11.5. The van der Waals surface area contributed by atoms with Crippen molar-refractivity contribution in [1.82, 2.24) is 25.7 Å². The molecule has 1 fully saturated rings. The summed E-state index contributed by atoms with van der Waals surface area (Å²) in [6, 6.07) is 2.94. The van der Waals surface area contributed by atoms with Crippen LogP contribution < -0.4 is 15.4 Å². The highest BCUT2D eigenvalue weighted by molar-refractivity contribution is 5.95. The zero-order valence-corrected chi connectivity index (χ0v) is 25.1. The summed E-state index contributed by atoms with van der Waals surface area (Å²) in [5, 5.41) is 18.6. The Morgan fingerprint density at radius 3 is 2.45 bits per heavy atom. The molecule has 3 N–H and O–H groups in total. The summed E-state index contributed by atoms with van der Waals surface area (Å²) < 4.78 is 10.6. The predicted octanol–water partition coefficient (Wildman–Crippen LogP) is 2.78. The average molecular weight is 586 g/mol. The van der Waals surface area contributed by atoms with Gasteiger partial charge < -0.3 is 25.0 Å². The minimum absolute atomic E-state index is 0.0309. The van der Waals surface area contributed by atoms with Crippen LogP contribution in [0.25, 0.3) is 11.5 Å². The fourth-order valence-electron chi connectivity index (χ4n) is 5.33. The van der Waals surface area contributed by atoms with Crippen molar-refractivity contribution in [2.45, 2.75) is 77.8 Å². The summed E-state index contributed by atoms with van der Waals surface area (Å²) in [5.74, 6) is -1.22. The molecule has 0 bridgehead atoms. The first kappa shape index (κ1) is 32.7. The molecule has 2 amide bonds. The largest absolute Gasteiger partial charge is 0.496 e. The third-order valence-electron chi connectivity index (χ3n) is 7.48. The van der Waals surface area contributed by atoms with E-state index in [1.165, 1.54) is 26.4 Å². The number of carbonyl (C=O) groups is 4. The number of nitrogens with one attached hydrogen (secondary N) is 2. The van der Waals surface area contributed by atoms with Crippen LogP contribution in [0.4, 0.5) is 0 Å². The number of amides is 2. The molecule has 0 aliphatic heterocycles. The van der Waals surface area contributed by atoms with E-state index in [2.05, 4.69) is 20.8 Å². The van der Waals surface area contributed by atoms with Crippen LogP contribution in [0, 0.1) is 18.8 Å². The fourth-order valence-corrected chi connectivity index (χ4v) is 5.33. The van der Waals surface area contributed by atoms with Crippen molar-refractivity contribution >= 4 is 23.6 Å². The summed E-state index contributed by atoms with van der Waals surface area (Å²) in [7, 11) is 3.33. The number of aromatic nitrogens is 2. The van der Waals surface area contributed by atoms with Gasteiger partial charge in [-0.2, -0.15) is 4.98 Å². The molecule has 1 aliphatic carbocycles. The van der Waals surface area contributed by atoms with Gasteiger partial charge in [0.25, 0.3) is 5.89 Å². The number of hydrogen-bond donors (Lipinski definition) is 3. The zero-order valence-electron chi connectivity index (χ0n) is 25.1. The molecular formula is C30H43N5O7. The average Bonchev–Trinajstić information content (AvgIpc) is 3.37. The molecular weight excluding hydrogens is 542 g/mol. The number of ether oxygens (including phenoxy) is 1. The Hall–Kier alpha value is -3.80. The minimum atomic E-state index is -1.21. The van der Waals surface area contributed by atoms with Gasteiger partial charge in [-0.05, 0) is 56.8 Å². The summed E-state index contributed by atoms with van der Waals surface area (Å²) >= 11 is 0. The number of carboxylic acid groups (broad SMARTS) is 1. The topological polar surface area (TPSA) is 164 Å². The third kappa shape index (κ3) is 9.64. The number of ketones is 1. The first-order chi connectivity index (χ1) is 20.0. The van der Waals surface area contributed by atoms with E-state index >= 15 is 0 Å². The van der Waals surface area contributed by atoms with E-state index in [-0.39, 0.29) is 24.7 Å². The molecule has 12 heteroatoms. The first-order valence-corrected chi connectivity index (χ1v) is 14.5. The number of carboxylic acids is 1. The van der Waals surface area contributed by atoms with Crippen LogP contribution >= 0.6 is 0 Å². The lowest BCUT2D eigenvalue weighted by Crippen LogP contribution is -2.55. The van der Waals surface area contributed by atoms with Crippen LogP contribution in [-0.4, -0.2) is 83.0 Å². The number of Topliss-reactive ketones (excluding diaryl/α,β-unsaturated/α-hetero) is 1. The van der Waals surface area contributed by atoms with Gasteiger partial charge in [0.15, 0.2) is 11.6 Å². The summed E-state index contributed by atoms with van der Waals surface area (Å²) in [4.78, 5) is 57.2. The van der Waals surface area contributed by atoms with Crippen molar-refractivity contribution in [3.63, 3.8) is 0 Å². The molecule has 0 saturated heterocycles. The number of rotatable bonds is 15. The van der Waals surface area contributed by atoms with Crippen molar-refractivity contribution < 1.29 is 33.5 Å². The lowest BCUT2D eigenvalue weighted by molar-refractivity contribution is -0.141. The highest BCUT2D eigenvalue weighted by Gasteiger charge is 2.31. The Morgan fingerprint density at radius 2 is 1.86 bits per heavy atom. The van der Waals surface area contributed by atoms with Crippen molar-refractivity contribution in [3.05, 3.63) is 29.6 Å². The van der Waals surface area contributed by atoms with E-state index in [9.17, 15) is 24.3 Å². The van der Waals surface area contributed by atoms with Gasteiger partial charge in [0.05, 0.1) is 32.5 Å². The van der Waals surface area contributed by atoms with Crippen molar-refractivity contribution in [3.8, 4) is 17.2 Å². The molecule has 2 atom stereocenters.